The van der Waals surface area contributed by atoms with Crippen molar-refractivity contribution in [1.82, 2.24) is 4.90 Å². The van der Waals surface area contributed by atoms with Crippen molar-refractivity contribution in [2.24, 2.45) is 0 Å². The molecular weight excluding hydrogens is 284 g/mol. The van der Waals surface area contributed by atoms with E-state index in [0.717, 1.165) is 17.3 Å². The first kappa shape index (κ1) is 15.0. The fraction of sp³-hybridized carbons (Fsp3) is 0.312. The zero-order valence-corrected chi connectivity index (χ0v) is 14.0. The second kappa shape index (κ2) is 6.37. The maximum absolute atomic E-state index is 5.50. The highest BCUT2D eigenvalue weighted by Crippen LogP contribution is 2.19. The summed E-state index contributed by atoms with van der Waals surface area (Å²) in [7, 11) is 2.03. The lowest BCUT2D eigenvalue weighted by molar-refractivity contribution is 0.512. The van der Waals surface area contributed by atoms with Crippen molar-refractivity contribution in [2.75, 3.05) is 12.4 Å². The molecule has 0 unspecified atom stereocenters. The van der Waals surface area contributed by atoms with Gasteiger partial charge in [0.1, 0.15) is 0 Å². The fourth-order valence-corrected chi connectivity index (χ4v) is 3.07. The average molecular weight is 304 g/mol. The second-order valence-electron chi connectivity index (χ2n) is 5.13. The SMILES string of the molecule is Cc1ccc(C)c(NC(=S)N(C)Cc2sccc2C)c1. The van der Waals surface area contributed by atoms with Crippen LogP contribution in [0.1, 0.15) is 21.6 Å². The molecule has 0 saturated heterocycles. The van der Waals surface area contributed by atoms with Gasteiger partial charge in [-0.05, 0) is 67.2 Å². The van der Waals surface area contributed by atoms with Crippen LogP contribution >= 0.6 is 23.6 Å². The van der Waals surface area contributed by atoms with E-state index in [1.54, 1.807) is 11.3 Å². The number of thiophene rings is 1. The van der Waals surface area contributed by atoms with Crippen molar-refractivity contribution in [1.29, 1.82) is 0 Å². The van der Waals surface area contributed by atoms with E-state index in [1.165, 1.54) is 21.6 Å². The molecule has 0 bridgehead atoms. The first-order valence-corrected chi connectivity index (χ1v) is 7.88. The molecule has 0 saturated carbocycles. The molecule has 1 N–H and O–H groups in total. The molecule has 0 spiro atoms. The predicted octanol–water partition coefficient (Wildman–Crippen LogP) is 4.50. The van der Waals surface area contributed by atoms with Crippen LogP contribution in [0.5, 0.6) is 0 Å². The van der Waals surface area contributed by atoms with Crippen molar-refractivity contribution >= 4 is 34.4 Å². The average Bonchev–Trinajstić information content (AvgIpc) is 2.79. The maximum atomic E-state index is 5.50. The maximum Gasteiger partial charge on any atom is 0.173 e. The van der Waals surface area contributed by atoms with Gasteiger partial charge in [-0.2, -0.15) is 0 Å². The summed E-state index contributed by atoms with van der Waals surface area (Å²) in [5, 5.41) is 6.23. The highest BCUT2D eigenvalue weighted by molar-refractivity contribution is 7.80. The van der Waals surface area contributed by atoms with Crippen molar-refractivity contribution in [3.05, 3.63) is 51.2 Å². The van der Waals surface area contributed by atoms with E-state index in [2.05, 4.69) is 60.6 Å². The van der Waals surface area contributed by atoms with Crippen molar-refractivity contribution in [3.8, 4) is 0 Å². The summed E-state index contributed by atoms with van der Waals surface area (Å²) in [5.41, 5.74) is 4.86. The fourth-order valence-electron chi connectivity index (χ4n) is 1.93. The number of thiocarbonyl (C=S) groups is 1. The third-order valence-electron chi connectivity index (χ3n) is 3.33. The van der Waals surface area contributed by atoms with E-state index in [0.29, 0.717) is 0 Å². The molecule has 2 nitrogen and oxygen atoms in total. The highest BCUT2D eigenvalue weighted by Gasteiger charge is 2.09. The molecule has 20 heavy (non-hydrogen) atoms. The Morgan fingerprint density at radius 1 is 1.20 bits per heavy atom. The Kier molecular flexibility index (Phi) is 4.78. The second-order valence-corrected chi connectivity index (χ2v) is 6.52. The summed E-state index contributed by atoms with van der Waals surface area (Å²) in [4.78, 5) is 3.44. The van der Waals surface area contributed by atoms with Gasteiger partial charge in [-0.1, -0.05) is 12.1 Å². The molecule has 106 valence electrons. The Morgan fingerprint density at radius 2 is 1.95 bits per heavy atom. The summed E-state index contributed by atoms with van der Waals surface area (Å²) in [6, 6.07) is 8.51. The van der Waals surface area contributed by atoms with E-state index in [-0.39, 0.29) is 0 Å². The first-order chi connectivity index (χ1) is 9.47. The molecule has 2 rings (SSSR count). The molecule has 0 aliphatic carbocycles. The van der Waals surface area contributed by atoms with Crippen LogP contribution in [0.15, 0.2) is 29.6 Å². The van der Waals surface area contributed by atoms with Crippen LogP contribution in [0, 0.1) is 20.8 Å². The van der Waals surface area contributed by atoms with E-state index in [9.17, 15) is 0 Å². The first-order valence-electron chi connectivity index (χ1n) is 6.59. The van der Waals surface area contributed by atoms with Crippen molar-refractivity contribution in [3.63, 3.8) is 0 Å². The van der Waals surface area contributed by atoms with Crippen LogP contribution in [0.2, 0.25) is 0 Å². The molecule has 0 amide bonds. The molecule has 0 radical (unpaired) electrons. The van der Waals surface area contributed by atoms with E-state index in [4.69, 9.17) is 12.2 Å². The minimum absolute atomic E-state index is 0.756. The molecule has 1 aromatic heterocycles. The lowest BCUT2D eigenvalue weighted by Crippen LogP contribution is -2.30. The van der Waals surface area contributed by atoms with Gasteiger partial charge in [0, 0.05) is 17.6 Å². The van der Waals surface area contributed by atoms with Gasteiger partial charge in [0.2, 0.25) is 0 Å². The third kappa shape index (κ3) is 3.58. The zero-order valence-electron chi connectivity index (χ0n) is 12.4. The van der Waals surface area contributed by atoms with Gasteiger partial charge >= 0.3 is 0 Å². The largest absolute Gasteiger partial charge is 0.347 e. The Morgan fingerprint density at radius 3 is 2.60 bits per heavy atom. The Labute approximate surface area is 130 Å². The summed E-state index contributed by atoms with van der Waals surface area (Å²) >= 11 is 7.28. The van der Waals surface area contributed by atoms with Crippen LogP contribution in [-0.2, 0) is 6.54 Å². The number of aryl methyl sites for hydroxylation is 3. The number of hydrogen-bond donors (Lipinski definition) is 1. The van der Waals surface area contributed by atoms with Crippen LogP contribution in [0.4, 0.5) is 5.69 Å². The topological polar surface area (TPSA) is 15.3 Å². The van der Waals surface area contributed by atoms with Gasteiger partial charge in [-0.15, -0.1) is 11.3 Å². The predicted molar refractivity (Wildman–Crippen MR) is 92.7 cm³/mol. The number of hydrogen-bond acceptors (Lipinski definition) is 2. The number of anilines is 1. The van der Waals surface area contributed by atoms with Gasteiger partial charge in [0.25, 0.3) is 0 Å². The Hall–Kier alpha value is -1.39. The van der Waals surface area contributed by atoms with Gasteiger partial charge in [0.15, 0.2) is 5.11 Å². The summed E-state index contributed by atoms with van der Waals surface area (Å²) in [5.74, 6) is 0. The van der Waals surface area contributed by atoms with Crippen molar-refractivity contribution in [2.45, 2.75) is 27.3 Å². The number of rotatable bonds is 3. The normalized spacial score (nSPS) is 10.4. The lowest BCUT2D eigenvalue weighted by Gasteiger charge is -2.22. The van der Waals surface area contributed by atoms with Gasteiger partial charge < -0.3 is 10.2 Å². The van der Waals surface area contributed by atoms with Crippen LogP contribution in [0.25, 0.3) is 0 Å². The summed E-state index contributed by atoms with van der Waals surface area (Å²) < 4.78 is 0. The molecule has 0 aliphatic heterocycles. The van der Waals surface area contributed by atoms with E-state index < -0.39 is 0 Å². The molecular formula is C16H20N2S2. The van der Waals surface area contributed by atoms with Crippen LogP contribution < -0.4 is 5.32 Å². The molecule has 1 aromatic carbocycles. The van der Waals surface area contributed by atoms with Gasteiger partial charge in [-0.25, -0.2) is 0 Å². The minimum Gasteiger partial charge on any atom is -0.347 e. The Balaban J connectivity index is 2.04. The quantitative estimate of drug-likeness (QED) is 0.840. The molecule has 0 fully saturated rings. The van der Waals surface area contributed by atoms with Gasteiger partial charge in [-0.3, -0.25) is 0 Å². The number of nitrogens with zero attached hydrogens (tertiary/aromatic N) is 1. The van der Waals surface area contributed by atoms with E-state index in [1.807, 2.05) is 7.05 Å². The van der Waals surface area contributed by atoms with Crippen LogP contribution in [0.3, 0.4) is 0 Å². The third-order valence-corrected chi connectivity index (χ3v) is 4.75. The van der Waals surface area contributed by atoms with E-state index >= 15 is 0 Å². The van der Waals surface area contributed by atoms with Gasteiger partial charge in [0.05, 0.1) is 6.54 Å². The molecule has 0 atom stereocenters. The van der Waals surface area contributed by atoms with Crippen LogP contribution in [-0.4, -0.2) is 17.1 Å². The monoisotopic (exact) mass is 304 g/mol. The van der Waals surface area contributed by atoms with Crippen molar-refractivity contribution < 1.29 is 0 Å². The number of nitrogens with one attached hydrogen (secondary N) is 1. The summed E-state index contributed by atoms with van der Waals surface area (Å²) in [6.07, 6.45) is 0. The smallest absolute Gasteiger partial charge is 0.173 e. The standard InChI is InChI=1S/C16H20N2S2/c1-11-5-6-12(2)14(9-11)17-16(19)18(4)10-15-13(3)7-8-20-15/h5-9H,10H2,1-4H3,(H,17,19). The molecule has 1 heterocycles. The molecule has 2 aromatic rings. The molecule has 4 heteroatoms. The summed E-state index contributed by atoms with van der Waals surface area (Å²) in [6.45, 7) is 7.17. The Bertz CT molecular complexity index is 617. The number of benzene rings is 1. The molecule has 0 aliphatic rings. The lowest BCUT2D eigenvalue weighted by atomic mass is 10.1. The minimum atomic E-state index is 0.756. The highest BCUT2D eigenvalue weighted by atomic mass is 32.1. The zero-order chi connectivity index (χ0) is 14.7.